The summed E-state index contributed by atoms with van der Waals surface area (Å²) in [5, 5.41) is 6.93. The molecule has 0 amide bonds. The third-order valence-corrected chi connectivity index (χ3v) is 2.00. The van der Waals surface area contributed by atoms with Crippen molar-refractivity contribution in [1.82, 2.24) is 5.16 Å². The lowest BCUT2D eigenvalue weighted by atomic mass is 10.1. The zero-order valence-electron chi connectivity index (χ0n) is 7.81. The Morgan fingerprint density at radius 3 is 2.71 bits per heavy atom. The fourth-order valence-corrected chi connectivity index (χ4v) is 1.28. The molecule has 3 heteroatoms. The fraction of sp³-hybridized carbons (Fsp3) is 0.182. The van der Waals surface area contributed by atoms with Crippen molar-refractivity contribution in [2.24, 2.45) is 0 Å². The van der Waals surface area contributed by atoms with Gasteiger partial charge < -0.3 is 9.84 Å². The van der Waals surface area contributed by atoms with Gasteiger partial charge in [0.25, 0.3) is 0 Å². The maximum absolute atomic E-state index is 4.70. The monoisotopic (exact) mass is 188 g/mol. The van der Waals surface area contributed by atoms with Crippen LogP contribution in [0.2, 0.25) is 0 Å². The average molecular weight is 188 g/mol. The van der Waals surface area contributed by atoms with Gasteiger partial charge in [-0.3, -0.25) is 0 Å². The first-order valence-electron chi connectivity index (χ1n) is 4.63. The van der Waals surface area contributed by atoms with Gasteiger partial charge in [-0.05, 0) is 12.0 Å². The molecule has 0 atom stereocenters. The molecular weight excluding hydrogens is 176 g/mol. The Labute approximate surface area is 82.7 Å². The van der Waals surface area contributed by atoms with Gasteiger partial charge in [-0.25, -0.2) is 0 Å². The molecule has 2 rings (SSSR count). The number of aromatic nitrogens is 1. The van der Waals surface area contributed by atoms with E-state index in [0.717, 1.165) is 18.8 Å². The summed E-state index contributed by atoms with van der Waals surface area (Å²) in [6.45, 7) is 0.872. The normalized spacial score (nSPS) is 10.0. The smallest absolute Gasteiger partial charge is 0.169 e. The Morgan fingerprint density at radius 1 is 1.14 bits per heavy atom. The van der Waals surface area contributed by atoms with E-state index in [0.29, 0.717) is 0 Å². The summed E-state index contributed by atoms with van der Waals surface area (Å²) in [7, 11) is 0. The van der Waals surface area contributed by atoms with E-state index >= 15 is 0 Å². The van der Waals surface area contributed by atoms with Crippen LogP contribution < -0.4 is 5.32 Å². The predicted octanol–water partition coefficient (Wildman–Crippen LogP) is 2.33. The standard InChI is InChI=1S/C11H12N2O/c1-2-4-10(5-3-1)6-8-12-11-7-9-14-13-11/h1-5,7,9H,6,8H2,(H,12,13). The van der Waals surface area contributed by atoms with Crippen molar-refractivity contribution in [2.45, 2.75) is 6.42 Å². The first-order valence-corrected chi connectivity index (χ1v) is 4.63. The van der Waals surface area contributed by atoms with Gasteiger partial charge in [-0.15, -0.1) is 0 Å². The van der Waals surface area contributed by atoms with E-state index < -0.39 is 0 Å². The van der Waals surface area contributed by atoms with Crippen molar-refractivity contribution in [3.8, 4) is 0 Å². The van der Waals surface area contributed by atoms with Crippen LogP contribution in [0.15, 0.2) is 47.2 Å². The van der Waals surface area contributed by atoms with E-state index in [1.54, 1.807) is 6.26 Å². The van der Waals surface area contributed by atoms with Crippen molar-refractivity contribution in [3.63, 3.8) is 0 Å². The number of anilines is 1. The predicted molar refractivity (Wildman–Crippen MR) is 55.1 cm³/mol. The van der Waals surface area contributed by atoms with Crippen LogP contribution in [0.25, 0.3) is 0 Å². The lowest BCUT2D eigenvalue weighted by molar-refractivity contribution is 0.422. The molecule has 0 bridgehead atoms. The second-order valence-corrected chi connectivity index (χ2v) is 3.05. The van der Waals surface area contributed by atoms with Crippen molar-refractivity contribution in [2.75, 3.05) is 11.9 Å². The number of nitrogens with one attached hydrogen (secondary N) is 1. The SMILES string of the molecule is c1ccc(CCNc2ccon2)cc1. The van der Waals surface area contributed by atoms with Gasteiger partial charge in [0.15, 0.2) is 5.82 Å². The molecule has 0 aliphatic rings. The second kappa shape index (κ2) is 4.46. The van der Waals surface area contributed by atoms with Gasteiger partial charge in [0.2, 0.25) is 0 Å². The highest BCUT2D eigenvalue weighted by molar-refractivity contribution is 5.30. The van der Waals surface area contributed by atoms with Gasteiger partial charge in [0, 0.05) is 12.6 Å². The zero-order chi connectivity index (χ0) is 9.64. The van der Waals surface area contributed by atoms with Crippen LogP contribution in [0, 0.1) is 0 Å². The Morgan fingerprint density at radius 2 is 2.00 bits per heavy atom. The molecule has 0 radical (unpaired) electrons. The summed E-state index contributed by atoms with van der Waals surface area (Å²) in [6.07, 6.45) is 2.55. The van der Waals surface area contributed by atoms with Crippen molar-refractivity contribution in [1.29, 1.82) is 0 Å². The van der Waals surface area contributed by atoms with E-state index in [4.69, 9.17) is 4.52 Å². The number of nitrogens with zero attached hydrogens (tertiary/aromatic N) is 1. The minimum Gasteiger partial charge on any atom is -0.367 e. The highest BCUT2D eigenvalue weighted by atomic mass is 16.5. The topological polar surface area (TPSA) is 38.1 Å². The van der Waals surface area contributed by atoms with Gasteiger partial charge in [0.05, 0.1) is 0 Å². The molecule has 0 aliphatic carbocycles. The molecule has 2 aromatic rings. The number of rotatable bonds is 4. The Balaban J connectivity index is 1.79. The van der Waals surface area contributed by atoms with E-state index in [9.17, 15) is 0 Å². The molecule has 0 aliphatic heterocycles. The molecule has 0 saturated carbocycles. The lowest BCUT2D eigenvalue weighted by Crippen LogP contribution is -2.04. The van der Waals surface area contributed by atoms with Crippen LogP contribution >= 0.6 is 0 Å². The van der Waals surface area contributed by atoms with Gasteiger partial charge in [-0.2, -0.15) is 0 Å². The summed E-state index contributed by atoms with van der Waals surface area (Å²) in [6, 6.07) is 12.2. The Hall–Kier alpha value is -1.77. The summed E-state index contributed by atoms with van der Waals surface area (Å²) in [5.41, 5.74) is 1.32. The van der Waals surface area contributed by atoms with E-state index in [-0.39, 0.29) is 0 Å². The van der Waals surface area contributed by atoms with Crippen molar-refractivity contribution in [3.05, 3.63) is 48.2 Å². The Bertz CT molecular complexity index is 356. The molecule has 1 aromatic carbocycles. The van der Waals surface area contributed by atoms with Crippen LogP contribution in [0.1, 0.15) is 5.56 Å². The summed E-state index contributed by atoms with van der Waals surface area (Å²) < 4.78 is 4.70. The average Bonchev–Trinajstić information content (AvgIpc) is 2.72. The van der Waals surface area contributed by atoms with Crippen molar-refractivity contribution < 1.29 is 4.52 Å². The first-order chi connectivity index (χ1) is 6.95. The molecule has 14 heavy (non-hydrogen) atoms. The lowest BCUT2D eigenvalue weighted by Gasteiger charge is -2.01. The van der Waals surface area contributed by atoms with Crippen LogP contribution in [0.4, 0.5) is 5.82 Å². The molecule has 0 unspecified atom stereocenters. The molecule has 0 saturated heterocycles. The molecule has 3 nitrogen and oxygen atoms in total. The minimum absolute atomic E-state index is 0.793. The molecule has 1 N–H and O–H groups in total. The maximum atomic E-state index is 4.70. The number of hydrogen-bond donors (Lipinski definition) is 1. The third kappa shape index (κ3) is 2.36. The highest BCUT2D eigenvalue weighted by Crippen LogP contribution is 2.03. The first kappa shape index (κ1) is 8.81. The van der Waals surface area contributed by atoms with Gasteiger partial charge in [0.1, 0.15) is 6.26 Å². The van der Waals surface area contributed by atoms with Gasteiger partial charge in [-0.1, -0.05) is 35.5 Å². The summed E-state index contributed by atoms with van der Waals surface area (Å²) in [4.78, 5) is 0. The van der Waals surface area contributed by atoms with Crippen LogP contribution in [-0.4, -0.2) is 11.7 Å². The van der Waals surface area contributed by atoms with E-state index in [2.05, 4.69) is 22.6 Å². The largest absolute Gasteiger partial charge is 0.367 e. The Kier molecular flexibility index (Phi) is 2.81. The highest BCUT2D eigenvalue weighted by Gasteiger charge is 1.94. The quantitative estimate of drug-likeness (QED) is 0.800. The van der Waals surface area contributed by atoms with Crippen LogP contribution in [0.3, 0.4) is 0 Å². The zero-order valence-corrected chi connectivity index (χ0v) is 7.81. The molecular formula is C11H12N2O. The molecule has 1 heterocycles. The number of hydrogen-bond acceptors (Lipinski definition) is 3. The minimum atomic E-state index is 0.793. The molecule has 0 spiro atoms. The van der Waals surface area contributed by atoms with Gasteiger partial charge >= 0.3 is 0 Å². The second-order valence-electron chi connectivity index (χ2n) is 3.05. The molecule has 0 fully saturated rings. The summed E-state index contributed by atoms with van der Waals surface area (Å²) >= 11 is 0. The van der Waals surface area contributed by atoms with Crippen molar-refractivity contribution >= 4 is 5.82 Å². The number of benzene rings is 1. The van der Waals surface area contributed by atoms with E-state index in [1.807, 2.05) is 24.3 Å². The van der Waals surface area contributed by atoms with E-state index in [1.165, 1.54) is 5.56 Å². The molecule has 1 aromatic heterocycles. The molecule has 72 valence electrons. The van der Waals surface area contributed by atoms with Crippen LogP contribution in [0.5, 0.6) is 0 Å². The fourth-order valence-electron chi connectivity index (χ4n) is 1.28. The summed E-state index contributed by atoms with van der Waals surface area (Å²) in [5.74, 6) is 0.793. The maximum Gasteiger partial charge on any atom is 0.169 e. The van der Waals surface area contributed by atoms with Crippen LogP contribution in [-0.2, 0) is 6.42 Å². The third-order valence-electron chi connectivity index (χ3n) is 2.00.